The van der Waals surface area contributed by atoms with E-state index in [1.54, 1.807) is 10.9 Å². The number of amides is 1. The second-order valence-corrected chi connectivity index (χ2v) is 4.16. The van der Waals surface area contributed by atoms with Gasteiger partial charge in [0.1, 0.15) is 5.82 Å². The van der Waals surface area contributed by atoms with E-state index in [0.717, 1.165) is 17.8 Å². The fraction of sp³-hybridized carbons (Fsp3) is 0.286. The Labute approximate surface area is 107 Å². The summed E-state index contributed by atoms with van der Waals surface area (Å²) in [7, 11) is 0. The molecule has 1 heterocycles. The molecule has 0 unspecified atom stereocenters. The number of carbonyl (C=O) groups is 1. The van der Waals surface area contributed by atoms with E-state index in [9.17, 15) is 4.79 Å². The summed E-state index contributed by atoms with van der Waals surface area (Å²) in [6, 6.07) is 11.9. The number of rotatable bonds is 5. The van der Waals surface area contributed by atoms with Gasteiger partial charge in [0.2, 0.25) is 5.91 Å². The van der Waals surface area contributed by atoms with Crippen LogP contribution in [0.25, 0.3) is 0 Å². The zero-order valence-electron chi connectivity index (χ0n) is 10.5. The van der Waals surface area contributed by atoms with Gasteiger partial charge in [-0.15, -0.1) is 0 Å². The molecule has 0 saturated carbocycles. The minimum Gasteiger partial charge on any atom is -0.311 e. The fourth-order valence-electron chi connectivity index (χ4n) is 1.75. The minimum absolute atomic E-state index is 0.0345. The highest BCUT2D eigenvalue weighted by Gasteiger charge is 2.06. The Bertz CT molecular complexity index is 505. The van der Waals surface area contributed by atoms with Gasteiger partial charge in [0.25, 0.3) is 0 Å². The molecule has 0 atom stereocenters. The molecule has 0 aliphatic carbocycles. The molecule has 1 aromatic carbocycles. The van der Waals surface area contributed by atoms with Gasteiger partial charge in [0.05, 0.1) is 12.7 Å². The van der Waals surface area contributed by atoms with Crippen LogP contribution in [0.3, 0.4) is 0 Å². The van der Waals surface area contributed by atoms with Gasteiger partial charge >= 0.3 is 0 Å². The van der Waals surface area contributed by atoms with Crippen molar-refractivity contribution in [3.8, 4) is 0 Å². The third-order valence-corrected chi connectivity index (χ3v) is 2.64. The maximum absolute atomic E-state index is 11.6. The smallest absolute Gasteiger partial charge is 0.225 e. The highest BCUT2D eigenvalue weighted by atomic mass is 16.1. The summed E-state index contributed by atoms with van der Waals surface area (Å²) < 4.78 is 1.79. The molecule has 4 nitrogen and oxygen atoms in total. The van der Waals surface area contributed by atoms with Gasteiger partial charge in [-0.2, -0.15) is 5.10 Å². The summed E-state index contributed by atoms with van der Waals surface area (Å²) in [5.41, 5.74) is 1.16. The van der Waals surface area contributed by atoms with E-state index >= 15 is 0 Å². The largest absolute Gasteiger partial charge is 0.311 e. The Morgan fingerprint density at radius 2 is 2.06 bits per heavy atom. The number of nitrogens with one attached hydrogen (secondary N) is 1. The molecular formula is C14H17N3O. The number of aromatic nitrogens is 2. The van der Waals surface area contributed by atoms with Crippen molar-refractivity contribution in [3.05, 3.63) is 48.2 Å². The molecule has 94 valence electrons. The second-order valence-electron chi connectivity index (χ2n) is 4.16. The Morgan fingerprint density at radius 3 is 2.78 bits per heavy atom. The Kier molecular flexibility index (Phi) is 4.12. The molecule has 1 aromatic heterocycles. The lowest BCUT2D eigenvalue weighted by atomic mass is 10.2. The van der Waals surface area contributed by atoms with Gasteiger partial charge in [-0.3, -0.25) is 4.79 Å². The van der Waals surface area contributed by atoms with Crippen molar-refractivity contribution in [3.63, 3.8) is 0 Å². The van der Waals surface area contributed by atoms with E-state index in [1.165, 1.54) is 0 Å². The first-order chi connectivity index (χ1) is 8.79. The van der Waals surface area contributed by atoms with Crippen LogP contribution in [0.1, 0.15) is 25.3 Å². The predicted octanol–water partition coefficient (Wildman–Crippen LogP) is 2.67. The fourth-order valence-corrected chi connectivity index (χ4v) is 1.75. The van der Waals surface area contributed by atoms with Crippen LogP contribution in [-0.2, 0) is 11.3 Å². The molecule has 18 heavy (non-hydrogen) atoms. The highest BCUT2D eigenvalue weighted by molar-refractivity contribution is 5.89. The predicted molar refractivity (Wildman–Crippen MR) is 71.3 cm³/mol. The standard InChI is InChI=1S/C14H17N3O/c1-2-6-14(18)16-13-9-10-15-17(13)11-12-7-4-3-5-8-12/h3-5,7-10H,2,6,11H2,1H3,(H,16,18). The SMILES string of the molecule is CCCC(=O)Nc1ccnn1Cc1ccccc1. The van der Waals surface area contributed by atoms with Crippen LogP contribution in [0, 0.1) is 0 Å². The van der Waals surface area contributed by atoms with Crippen molar-refractivity contribution >= 4 is 11.7 Å². The van der Waals surface area contributed by atoms with Crippen LogP contribution in [0.5, 0.6) is 0 Å². The van der Waals surface area contributed by atoms with Crippen LogP contribution < -0.4 is 5.32 Å². The summed E-state index contributed by atoms with van der Waals surface area (Å²) in [6.45, 7) is 2.65. The summed E-state index contributed by atoms with van der Waals surface area (Å²) in [5.74, 6) is 0.782. The average Bonchev–Trinajstić information content (AvgIpc) is 2.78. The lowest BCUT2D eigenvalue weighted by Crippen LogP contribution is -2.15. The van der Waals surface area contributed by atoms with E-state index < -0.39 is 0 Å². The Morgan fingerprint density at radius 1 is 1.28 bits per heavy atom. The average molecular weight is 243 g/mol. The van der Waals surface area contributed by atoms with E-state index in [-0.39, 0.29) is 5.91 Å². The van der Waals surface area contributed by atoms with Crippen molar-refractivity contribution in [1.82, 2.24) is 9.78 Å². The Hall–Kier alpha value is -2.10. The molecule has 0 aliphatic heterocycles. The molecule has 0 fully saturated rings. The first-order valence-corrected chi connectivity index (χ1v) is 6.15. The van der Waals surface area contributed by atoms with Crippen LogP contribution in [0.2, 0.25) is 0 Å². The zero-order chi connectivity index (χ0) is 12.8. The molecule has 0 spiro atoms. The van der Waals surface area contributed by atoms with Crippen LogP contribution in [0.4, 0.5) is 5.82 Å². The van der Waals surface area contributed by atoms with Crippen LogP contribution >= 0.6 is 0 Å². The van der Waals surface area contributed by atoms with Crippen LogP contribution in [-0.4, -0.2) is 15.7 Å². The van der Waals surface area contributed by atoms with Gasteiger partial charge in [0.15, 0.2) is 0 Å². The van der Waals surface area contributed by atoms with Crippen molar-refractivity contribution in [2.75, 3.05) is 5.32 Å². The lowest BCUT2D eigenvalue weighted by Gasteiger charge is -2.08. The zero-order valence-corrected chi connectivity index (χ0v) is 10.5. The first-order valence-electron chi connectivity index (χ1n) is 6.15. The highest BCUT2D eigenvalue weighted by Crippen LogP contribution is 2.10. The number of carbonyl (C=O) groups excluding carboxylic acids is 1. The number of anilines is 1. The van der Waals surface area contributed by atoms with E-state index in [4.69, 9.17) is 0 Å². The van der Waals surface area contributed by atoms with Gasteiger partial charge in [-0.1, -0.05) is 37.3 Å². The number of hydrogen-bond acceptors (Lipinski definition) is 2. The van der Waals surface area contributed by atoms with Crippen molar-refractivity contribution in [2.24, 2.45) is 0 Å². The van der Waals surface area contributed by atoms with Crippen molar-refractivity contribution < 1.29 is 4.79 Å². The third-order valence-electron chi connectivity index (χ3n) is 2.64. The van der Waals surface area contributed by atoms with E-state index in [1.807, 2.05) is 43.3 Å². The molecule has 2 aromatic rings. The maximum atomic E-state index is 11.6. The second kappa shape index (κ2) is 6.00. The van der Waals surface area contributed by atoms with Crippen LogP contribution in [0.15, 0.2) is 42.6 Å². The monoisotopic (exact) mass is 243 g/mol. The summed E-state index contributed by atoms with van der Waals surface area (Å²) >= 11 is 0. The molecule has 0 radical (unpaired) electrons. The van der Waals surface area contributed by atoms with Crippen molar-refractivity contribution in [2.45, 2.75) is 26.3 Å². The number of benzene rings is 1. The molecule has 2 rings (SSSR count). The molecule has 1 N–H and O–H groups in total. The third kappa shape index (κ3) is 3.20. The molecule has 1 amide bonds. The molecular weight excluding hydrogens is 226 g/mol. The summed E-state index contributed by atoms with van der Waals surface area (Å²) in [6.07, 6.45) is 3.08. The topological polar surface area (TPSA) is 46.9 Å². The normalized spacial score (nSPS) is 10.3. The lowest BCUT2D eigenvalue weighted by molar-refractivity contribution is -0.116. The van der Waals surface area contributed by atoms with Gasteiger partial charge in [-0.25, -0.2) is 4.68 Å². The van der Waals surface area contributed by atoms with Gasteiger partial charge in [-0.05, 0) is 12.0 Å². The summed E-state index contributed by atoms with van der Waals surface area (Å²) in [5, 5.41) is 7.10. The Balaban J connectivity index is 2.06. The number of nitrogens with zero attached hydrogens (tertiary/aromatic N) is 2. The quantitative estimate of drug-likeness (QED) is 0.877. The molecule has 0 saturated heterocycles. The molecule has 4 heteroatoms. The van der Waals surface area contributed by atoms with E-state index in [2.05, 4.69) is 10.4 Å². The minimum atomic E-state index is 0.0345. The molecule has 0 aliphatic rings. The van der Waals surface area contributed by atoms with Gasteiger partial charge in [0, 0.05) is 12.5 Å². The molecule has 0 bridgehead atoms. The summed E-state index contributed by atoms with van der Waals surface area (Å²) in [4.78, 5) is 11.6. The maximum Gasteiger partial charge on any atom is 0.225 e. The number of hydrogen-bond donors (Lipinski definition) is 1. The first kappa shape index (κ1) is 12.4. The van der Waals surface area contributed by atoms with Gasteiger partial charge < -0.3 is 5.32 Å². The van der Waals surface area contributed by atoms with E-state index in [0.29, 0.717) is 13.0 Å². The van der Waals surface area contributed by atoms with Crippen molar-refractivity contribution in [1.29, 1.82) is 0 Å².